The first-order valence-electron chi connectivity index (χ1n) is 4.58. The molecule has 0 saturated heterocycles. The van der Waals surface area contributed by atoms with Crippen LogP contribution >= 0.6 is 11.6 Å². The van der Waals surface area contributed by atoms with Crippen LogP contribution in [0, 0.1) is 6.92 Å². The Labute approximate surface area is 99.7 Å². The highest BCUT2D eigenvalue weighted by molar-refractivity contribution is 7.89. The lowest BCUT2D eigenvalue weighted by Crippen LogP contribution is -2.28. The average molecular weight is 262 g/mol. The summed E-state index contributed by atoms with van der Waals surface area (Å²) in [6.45, 7) is 2.83. The van der Waals surface area contributed by atoms with E-state index >= 15 is 0 Å². The topological polar surface area (TPSA) is 63.2 Å². The number of rotatable bonds is 4. The summed E-state index contributed by atoms with van der Waals surface area (Å²) >= 11 is 5.79. The van der Waals surface area contributed by atoms with Gasteiger partial charge in [0, 0.05) is 5.02 Å². The first-order chi connectivity index (χ1) is 7.33. The zero-order valence-corrected chi connectivity index (χ0v) is 10.5. The molecule has 0 bridgehead atoms. The Bertz CT molecular complexity index is 511. The van der Waals surface area contributed by atoms with E-state index in [1.807, 2.05) is 0 Å². The maximum absolute atomic E-state index is 11.7. The van der Waals surface area contributed by atoms with E-state index in [1.165, 1.54) is 25.1 Å². The molecule has 0 spiro atoms. The van der Waals surface area contributed by atoms with E-state index in [0.29, 0.717) is 10.6 Å². The lowest BCUT2D eigenvalue weighted by Gasteiger charge is -2.06. The summed E-state index contributed by atoms with van der Waals surface area (Å²) in [5.74, 6) is -0.241. The van der Waals surface area contributed by atoms with Crippen LogP contribution in [-0.2, 0) is 14.8 Å². The van der Waals surface area contributed by atoms with Crippen LogP contribution in [0.1, 0.15) is 12.5 Å². The molecule has 0 radical (unpaired) electrons. The summed E-state index contributed by atoms with van der Waals surface area (Å²) in [5, 5.41) is 0.505. The maximum atomic E-state index is 11.7. The van der Waals surface area contributed by atoms with Crippen LogP contribution in [-0.4, -0.2) is 20.7 Å². The summed E-state index contributed by atoms with van der Waals surface area (Å²) in [6, 6.07) is 4.38. The van der Waals surface area contributed by atoms with E-state index in [0.717, 1.165) is 0 Å². The normalized spacial score (nSPS) is 11.4. The fourth-order valence-corrected chi connectivity index (χ4v) is 2.32. The maximum Gasteiger partial charge on any atom is 0.240 e. The quantitative estimate of drug-likeness (QED) is 0.894. The van der Waals surface area contributed by atoms with Gasteiger partial charge >= 0.3 is 0 Å². The van der Waals surface area contributed by atoms with Crippen LogP contribution in [0.15, 0.2) is 23.1 Å². The van der Waals surface area contributed by atoms with Gasteiger partial charge in [-0.1, -0.05) is 11.6 Å². The fourth-order valence-electron chi connectivity index (χ4n) is 1.06. The predicted octanol–water partition coefficient (Wildman–Crippen LogP) is 1.52. The van der Waals surface area contributed by atoms with Crippen LogP contribution < -0.4 is 4.72 Å². The first-order valence-corrected chi connectivity index (χ1v) is 6.44. The molecule has 4 nitrogen and oxygen atoms in total. The second-order valence-corrected chi connectivity index (χ2v) is 5.61. The van der Waals surface area contributed by atoms with Gasteiger partial charge < -0.3 is 0 Å². The van der Waals surface area contributed by atoms with Gasteiger partial charge in [0.15, 0.2) is 0 Å². The molecule has 0 atom stereocenters. The van der Waals surface area contributed by atoms with Crippen molar-refractivity contribution in [2.45, 2.75) is 18.7 Å². The van der Waals surface area contributed by atoms with Crippen molar-refractivity contribution in [2.24, 2.45) is 0 Å². The summed E-state index contributed by atoms with van der Waals surface area (Å²) in [7, 11) is -3.62. The number of sulfonamides is 1. The van der Waals surface area contributed by atoms with Gasteiger partial charge in [0.25, 0.3) is 0 Å². The van der Waals surface area contributed by atoms with Crippen molar-refractivity contribution < 1.29 is 13.2 Å². The Morgan fingerprint density at radius 2 is 2.06 bits per heavy atom. The summed E-state index contributed by atoms with van der Waals surface area (Å²) in [5.41, 5.74) is 0.673. The zero-order valence-electron chi connectivity index (χ0n) is 8.95. The molecule has 16 heavy (non-hydrogen) atoms. The Kier molecular flexibility index (Phi) is 4.07. The molecule has 0 heterocycles. The van der Waals surface area contributed by atoms with Gasteiger partial charge in [-0.3, -0.25) is 4.79 Å². The largest absolute Gasteiger partial charge is 0.299 e. The monoisotopic (exact) mass is 261 g/mol. The lowest BCUT2D eigenvalue weighted by atomic mass is 10.2. The predicted molar refractivity (Wildman–Crippen MR) is 62.1 cm³/mol. The molecule has 0 fully saturated rings. The minimum atomic E-state index is -3.62. The molecule has 0 unspecified atom stereocenters. The number of ketones is 1. The number of aryl methyl sites for hydroxylation is 1. The minimum Gasteiger partial charge on any atom is -0.299 e. The molecule has 0 aliphatic carbocycles. The minimum absolute atomic E-state index is 0.107. The Balaban J connectivity index is 2.99. The van der Waals surface area contributed by atoms with Gasteiger partial charge in [0.1, 0.15) is 5.78 Å². The van der Waals surface area contributed by atoms with E-state index in [-0.39, 0.29) is 17.2 Å². The van der Waals surface area contributed by atoms with Crippen LogP contribution in [0.2, 0.25) is 5.02 Å². The third kappa shape index (κ3) is 3.30. The standard InChI is InChI=1S/C10H12ClNO3S/c1-7-5-9(3-4-10(7)11)16(14,15)12-6-8(2)13/h3-5,12H,6H2,1-2H3. The summed E-state index contributed by atoms with van der Waals surface area (Å²) in [4.78, 5) is 10.8. The molecule has 0 amide bonds. The Hall–Kier alpha value is -0.910. The number of Topliss-reactive ketones (excluding diaryl/α,β-unsaturated/α-hetero) is 1. The molecule has 6 heteroatoms. The smallest absolute Gasteiger partial charge is 0.240 e. The van der Waals surface area contributed by atoms with Crippen molar-refractivity contribution >= 4 is 27.4 Å². The summed E-state index contributed by atoms with van der Waals surface area (Å²) in [6.07, 6.45) is 0. The van der Waals surface area contributed by atoms with Crippen molar-refractivity contribution in [1.29, 1.82) is 0 Å². The number of benzene rings is 1. The van der Waals surface area contributed by atoms with Crippen molar-refractivity contribution in [3.63, 3.8) is 0 Å². The van der Waals surface area contributed by atoms with Gasteiger partial charge in [-0.05, 0) is 37.6 Å². The molecule has 0 aliphatic heterocycles. The number of hydrogen-bond donors (Lipinski definition) is 1. The van der Waals surface area contributed by atoms with Crippen LogP contribution in [0.3, 0.4) is 0 Å². The van der Waals surface area contributed by atoms with Crippen molar-refractivity contribution in [1.82, 2.24) is 4.72 Å². The second-order valence-electron chi connectivity index (χ2n) is 3.44. The molecular weight excluding hydrogens is 250 g/mol. The second kappa shape index (κ2) is 4.95. The molecule has 0 saturated carbocycles. The third-order valence-corrected chi connectivity index (χ3v) is 3.77. The number of nitrogens with one attached hydrogen (secondary N) is 1. The number of hydrogen-bond acceptors (Lipinski definition) is 3. The van der Waals surface area contributed by atoms with Gasteiger partial charge in [-0.2, -0.15) is 0 Å². The van der Waals surface area contributed by atoms with Crippen molar-refractivity contribution in [3.8, 4) is 0 Å². The van der Waals surface area contributed by atoms with Crippen LogP contribution in [0.4, 0.5) is 0 Å². The molecule has 1 rings (SSSR count). The van der Waals surface area contributed by atoms with E-state index in [2.05, 4.69) is 4.72 Å². The molecule has 88 valence electrons. The van der Waals surface area contributed by atoms with Crippen LogP contribution in [0.25, 0.3) is 0 Å². The van der Waals surface area contributed by atoms with Crippen molar-refractivity contribution in [2.75, 3.05) is 6.54 Å². The molecule has 0 aliphatic rings. The van der Waals surface area contributed by atoms with Gasteiger partial charge in [0.05, 0.1) is 11.4 Å². The van der Waals surface area contributed by atoms with E-state index in [9.17, 15) is 13.2 Å². The SMILES string of the molecule is CC(=O)CNS(=O)(=O)c1ccc(Cl)c(C)c1. The molecule has 0 aromatic heterocycles. The van der Waals surface area contributed by atoms with Gasteiger partial charge in [-0.15, -0.1) is 0 Å². The highest BCUT2D eigenvalue weighted by Gasteiger charge is 2.14. The molecular formula is C10H12ClNO3S. The number of carbonyl (C=O) groups excluding carboxylic acids is 1. The first kappa shape index (κ1) is 13.2. The van der Waals surface area contributed by atoms with E-state index in [4.69, 9.17) is 11.6 Å². The zero-order chi connectivity index (χ0) is 12.3. The summed E-state index contributed by atoms with van der Waals surface area (Å²) < 4.78 is 25.6. The Morgan fingerprint density at radius 1 is 1.44 bits per heavy atom. The van der Waals surface area contributed by atoms with Gasteiger partial charge in [-0.25, -0.2) is 13.1 Å². The number of halogens is 1. The van der Waals surface area contributed by atoms with Gasteiger partial charge in [0.2, 0.25) is 10.0 Å². The van der Waals surface area contributed by atoms with Crippen LogP contribution in [0.5, 0.6) is 0 Å². The lowest BCUT2D eigenvalue weighted by molar-refractivity contribution is -0.115. The number of carbonyl (C=O) groups is 1. The fraction of sp³-hybridized carbons (Fsp3) is 0.300. The molecule has 1 N–H and O–H groups in total. The molecule has 1 aromatic rings. The highest BCUT2D eigenvalue weighted by Crippen LogP contribution is 2.19. The highest BCUT2D eigenvalue weighted by atomic mass is 35.5. The Morgan fingerprint density at radius 3 is 2.56 bits per heavy atom. The third-order valence-electron chi connectivity index (χ3n) is 1.95. The van der Waals surface area contributed by atoms with E-state index in [1.54, 1.807) is 6.92 Å². The van der Waals surface area contributed by atoms with Crippen molar-refractivity contribution in [3.05, 3.63) is 28.8 Å². The molecule has 1 aromatic carbocycles. The average Bonchev–Trinajstić information content (AvgIpc) is 2.19. The van der Waals surface area contributed by atoms with E-state index < -0.39 is 10.0 Å².